The van der Waals surface area contributed by atoms with Gasteiger partial charge in [-0.25, -0.2) is 0 Å². The van der Waals surface area contributed by atoms with Crippen molar-refractivity contribution in [2.75, 3.05) is 0 Å². The highest BCUT2D eigenvalue weighted by Gasteiger charge is 2.06. The second-order valence-corrected chi connectivity index (χ2v) is 5.10. The summed E-state index contributed by atoms with van der Waals surface area (Å²) in [4.78, 5) is 0. The lowest BCUT2D eigenvalue weighted by Crippen LogP contribution is -1.85. The molecule has 3 rings (SSSR count). The zero-order valence-electron chi connectivity index (χ0n) is 12.0. The largest absolute Gasteiger partial charge is 0.508 e. The standard InChI is InChI=1S/C20H16O2/c1-2-14-13-17(15-3-8-18(21)9-4-15)7-12-20(14)16-5-10-19(22)11-6-16/h2-13,21-22H,1H2. The first-order valence-corrected chi connectivity index (χ1v) is 7.02. The zero-order chi connectivity index (χ0) is 15.5. The minimum absolute atomic E-state index is 0.254. The molecule has 108 valence electrons. The van der Waals surface area contributed by atoms with E-state index in [-0.39, 0.29) is 11.5 Å². The van der Waals surface area contributed by atoms with Gasteiger partial charge in [0.05, 0.1) is 0 Å². The van der Waals surface area contributed by atoms with Crippen LogP contribution in [0.15, 0.2) is 73.3 Å². The van der Waals surface area contributed by atoms with Gasteiger partial charge < -0.3 is 10.2 Å². The molecular weight excluding hydrogens is 272 g/mol. The molecule has 0 radical (unpaired) electrons. The molecule has 0 aliphatic carbocycles. The van der Waals surface area contributed by atoms with E-state index in [9.17, 15) is 10.2 Å². The number of hydrogen-bond acceptors (Lipinski definition) is 2. The third-order valence-corrected chi connectivity index (χ3v) is 3.65. The molecule has 0 amide bonds. The first-order valence-electron chi connectivity index (χ1n) is 7.02. The average Bonchev–Trinajstić information content (AvgIpc) is 2.56. The molecule has 0 aliphatic rings. The molecule has 3 aromatic carbocycles. The van der Waals surface area contributed by atoms with Gasteiger partial charge in [-0.15, -0.1) is 0 Å². The second-order valence-electron chi connectivity index (χ2n) is 5.10. The first kappa shape index (κ1) is 14.0. The van der Waals surface area contributed by atoms with Crippen molar-refractivity contribution in [3.05, 3.63) is 78.9 Å². The molecule has 0 fully saturated rings. The topological polar surface area (TPSA) is 40.5 Å². The van der Waals surface area contributed by atoms with E-state index in [1.54, 1.807) is 24.3 Å². The third-order valence-electron chi connectivity index (χ3n) is 3.65. The van der Waals surface area contributed by atoms with Crippen LogP contribution in [0.3, 0.4) is 0 Å². The summed E-state index contributed by atoms with van der Waals surface area (Å²) in [5.41, 5.74) is 5.23. The van der Waals surface area contributed by atoms with Crippen LogP contribution in [0, 0.1) is 0 Å². The smallest absolute Gasteiger partial charge is 0.115 e. The predicted molar refractivity (Wildman–Crippen MR) is 90.7 cm³/mol. The minimum atomic E-state index is 0.254. The lowest BCUT2D eigenvalue weighted by Gasteiger charge is -2.10. The van der Waals surface area contributed by atoms with Gasteiger partial charge in [-0.1, -0.05) is 49.1 Å². The Morgan fingerprint density at radius 2 is 1.14 bits per heavy atom. The first-order chi connectivity index (χ1) is 10.7. The van der Waals surface area contributed by atoms with Crippen LogP contribution in [0.2, 0.25) is 0 Å². The van der Waals surface area contributed by atoms with E-state index in [1.165, 1.54) is 0 Å². The van der Waals surface area contributed by atoms with Crippen LogP contribution in [-0.4, -0.2) is 10.2 Å². The lowest BCUT2D eigenvalue weighted by atomic mass is 9.95. The Labute approximate surface area is 129 Å². The molecule has 0 saturated heterocycles. The fourth-order valence-corrected chi connectivity index (χ4v) is 2.47. The molecule has 0 saturated carbocycles. The number of phenols is 2. The van der Waals surface area contributed by atoms with E-state index in [0.29, 0.717) is 0 Å². The molecule has 2 N–H and O–H groups in total. The lowest BCUT2D eigenvalue weighted by molar-refractivity contribution is 0.475. The van der Waals surface area contributed by atoms with Gasteiger partial charge in [0.15, 0.2) is 0 Å². The average molecular weight is 288 g/mol. The molecule has 0 aromatic heterocycles. The van der Waals surface area contributed by atoms with Crippen molar-refractivity contribution in [2.45, 2.75) is 0 Å². The Hall–Kier alpha value is -3.00. The number of hydrogen-bond donors (Lipinski definition) is 2. The van der Waals surface area contributed by atoms with Gasteiger partial charge in [0.25, 0.3) is 0 Å². The van der Waals surface area contributed by atoms with Gasteiger partial charge >= 0.3 is 0 Å². The van der Waals surface area contributed by atoms with Gasteiger partial charge in [0, 0.05) is 0 Å². The van der Waals surface area contributed by atoms with Gasteiger partial charge in [-0.3, -0.25) is 0 Å². The monoisotopic (exact) mass is 288 g/mol. The highest BCUT2D eigenvalue weighted by Crippen LogP contribution is 2.31. The summed E-state index contributed by atoms with van der Waals surface area (Å²) in [5, 5.41) is 18.8. The van der Waals surface area contributed by atoms with Crippen molar-refractivity contribution < 1.29 is 10.2 Å². The van der Waals surface area contributed by atoms with E-state index in [2.05, 4.69) is 12.6 Å². The number of rotatable bonds is 3. The number of benzene rings is 3. The Bertz CT molecular complexity index is 800. The Morgan fingerprint density at radius 1 is 0.636 bits per heavy atom. The molecule has 22 heavy (non-hydrogen) atoms. The van der Waals surface area contributed by atoms with E-state index < -0.39 is 0 Å². The van der Waals surface area contributed by atoms with Crippen LogP contribution < -0.4 is 0 Å². The molecule has 0 heterocycles. The zero-order valence-corrected chi connectivity index (χ0v) is 12.0. The predicted octanol–water partition coefficient (Wildman–Crippen LogP) is 5.07. The van der Waals surface area contributed by atoms with Crippen molar-refractivity contribution in [3.8, 4) is 33.8 Å². The Morgan fingerprint density at radius 3 is 1.68 bits per heavy atom. The molecule has 0 aliphatic heterocycles. The van der Waals surface area contributed by atoms with Gasteiger partial charge in [-0.05, 0) is 58.1 Å². The summed E-state index contributed by atoms with van der Waals surface area (Å²) in [6.07, 6.45) is 1.83. The molecule has 3 aromatic rings. The van der Waals surface area contributed by atoms with Crippen molar-refractivity contribution >= 4 is 6.08 Å². The van der Waals surface area contributed by atoms with Crippen LogP contribution in [0.1, 0.15) is 5.56 Å². The van der Waals surface area contributed by atoms with Crippen molar-refractivity contribution in [3.63, 3.8) is 0 Å². The van der Waals surface area contributed by atoms with Crippen LogP contribution in [0.5, 0.6) is 11.5 Å². The molecular formula is C20H16O2. The molecule has 2 heteroatoms. The maximum atomic E-state index is 9.40. The second kappa shape index (κ2) is 5.78. The summed E-state index contributed by atoms with van der Waals surface area (Å²) in [6, 6.07) is 20.4. The van der Waals surface area contributed by atoms with E-state index in [4.69, 9.17) is 0 Å². The number of phenolic OH excluding ortho intramolecular Hbond substituents is 2. The molecule has 0 spiro atoms. The summed E-state index contributed by atoms with van der Waals surface area (Å²) < 4.78 is 0. The normalized spacial score (nSPS) is 10.4. The van der Waals surface area contributed by atoms with Crippen LogP contribution in [0.25, 0.3) is 28.3 Å². The van der Waals surface area contributed by atoms with Crippen LogP contribution in [-0.2, 0) is 0 Å². The fourth-order valence-electron chi connectivity index (χ4n) is 2.47. The van der Waals surface area contributed by atoms with Crippen molar-refractivity contribution in [1.82, 2.24) is 0 Å². The van der Waals surface area contributed by atoms with E-state index in [0.717, 1.165) is 27.8 Å². The maximum Gasteiger partial charge on any atom is 0.115 e. The van der Waals surface area contributed by atoms with Crippen molar-refractivity contribution in [1.29, 1.82) is 0 Å². The molecule has 0 atom stereocenters. The highest BCUT2D eigenvalue weighted by atomic mass is 16.3. The third kappa shape index (κ3) is 2.72. The number of aromatic hydroxyl groups is 2. The summed E-state index contributed by atoms with van der Waals surface area (Å²) in [6.45, 7) is 3.89. The summed E-state index contributed by atoms with van der Waals surface area (Å²) in [7, 11) is 0. The van der Waals surface area contributed by atoms with E-state index in [1.807, 2.05) is 42.5 Å². The fraction of sp³-hybridized carbons (Fsp3) is 0. The van der Waals surface area contributed by atoms with Gasteiger partial charge in [0.2, 0.25) is 0 Å². The SMILES string of the molecule is C=Cc1cc(-c2ccc(O)cc2)ccc1-c1ccc(O)cc1. The summed E-state index contributed by atoms with van der Waals surface area (Å²) >= 11 is 0. The highest BCUT2D eigenvalue weighted by molar-refractivity contribution is 5.79. The molecule has 0 unspecified atom stereocenters. The maximum absolute atomic E-state index is 9.40. The minimum Gasteiger partial charge on any atom is -0.508 e. The quantitative estimate of drug-likeness (QED) is 0.706. The molecule has 0 bridgehead atoms. The van der Waals surface area contributed by atoms with E-state index >= 15 is 0 Å². The van der Waals surface area contributed by atoms with Gasteiger partial charge in [-0.2, -0.15) is 0 Å². The Balaban J connectivity index is 2.05. The molecule has 2 nitrogen and oxygen atoms in total. The van der Waals surface area contributed by atoms with Gasteiger partial charge in [0.1, 0.15) is 11.5 Å². The Kier molecular flexibility index (Phi) is 3.67. The van der Waals surface area contributed by atoms with Crippen molar-refractivity contribution in [2.24, 2.45) is 0 Å². The summed E-state index contributed by atoms with van der Waals surface area (Å²) in [5.74, 6) is 0.512. The van der Waals surface area contributed by atoms with Crippen LogP contribution >= 0.6 is 0 Å². The van der Waals surface area contributed by atoms with Crippen LogP contribution in [0.4, 0.5) is 0 Å².